The van der Waals surface area contributed by atoms with Crippen LogP contribution in [0.2, 0.25) is 0 Å². The van der Waals surface area contributed by atoms with Crippen LogP contribution in [0.3, 0.4) is 0 Å². The van der Waals surface area contributed by atoms with Gasteiger partial charge in [0.1, 0.15) is 17.3 Å². The maximum absolute atomic E-state index is 10.4. The first-order valence-electron chi connectivity index (χ1n) is 8.93. The fourth-order valence-corrected chi connectivity index (χ4v) is 4.42. The van der Waals surface area contributed by atoms with Crippen molar-refractivity contribution in [2.45, 2.75) is 26.1 Å². The summed E-state index contributed by atoms with van der Waals surface area (Å²) < 4.78 is 5.26. The molecule has 1 aliphatic heterocycles. The summed E-state index contributed by atoms with van der Waals surface area (Å²) in [5, 5.41) is 13.6. The SMILES string of the molecule is COCc1nc(N2CCC(C)C(O)C2)c2c(-c3ccccc3)csc2n1. The van der Waals surface area contributed by atoms with Crippen molar-refractivity contribution in [1.29, 1.82) is 0 Å². The van der Waals surface area contributed by atoms with Crippen LogP contribution in [-0.2, 0) is 11.3 Å². The van der Waals surface area contributed by atoms with E-state index in [9.17, 15) is 5.11 Å². The predicted octanol–water partition coefficient (Wildman–Crippen LogP) is 3.71. The van der Waals surface area contributed by atoms with Crippen molar-refractivity contribution in [3.8, 4) is 11.1 Å². The number of hydrogen-bond acceptors (Lipinski definition) is 6. The Balaban J connectivity index is 1.86. The molecule has 3 heterocycles. The van der Waals surface area contributed by atoms with Gasteiger partial charge < -0.3 is 14.7 Å². The number of thiophene rings is 1. The number of aliphatic hydroxyl groups is 1. The lowest BCUT2D eigenvalue weighted by Gasteiger charge is -2.35. The van der Waals surface area contributed by atoms with E-state index in [4.69, 9.17) is 14.7 Å². The van der Waals surface area contributed by atoms with Crippen LogP contribution in [0.4, 0.5) is 5.82 Å². The van der Waals surface area contributed by atoms with Gasteiger partial charge in [-0.05, 0) is 17.9 Å². The summed E-state index contributed by atoms with van der Waals surface area (Å²) in [6, 6.07) is 10.3. The van der Waals surface area contributed by atoms with Gasteiger partial charge in [-0.15, -0.1) is 11.3 Å². The van der Waals surface area contributed by atoms with Crippen molar-refractivity contribution in [2.75, 3.05) is 25.1 Å². The van der Waals surface area contributed by atoms with Crippen LogP contribution in [0.1, 0.15) is 19.2 Å². The molecule has 0 amide bonds. The predicted molar refractivity (Wildman–Crippen MR) is 106 cm³/mol. The van der Waals surface area contributed by atoms with Gasteiger partial charge in [0.25, 0.3) is 0 Å². The normalized spacial score (nSPS) is 20.7. The van der Waals surface area contributed by atoms with Gasteiger partial charge in [0.2, 0.25) is 0 Å². The molecule has 2 atom stereocenters. The standard InChI is InChI=1S/C20H23N3O2S/c1-13-8-9-23(10-16(13)24)19-18-15(14-6-4-3-5-7-14)12-26-20(18)22-17(21-19)11-25-2/h3-7,12-13,16,24H,8-11H2,1-2H3. The number of methoxy groups -OCH3 is 1. The third-order valence-electron chi connectivity index (χ3n) is 5.04. The number of fused-ring (bicyclic) bond motifs is 1. The minimum atomic E-state index is -0.335. The summed E-state index contributed by atoms with van der Waals surface area (Å²) >= 11 is 1.63. The second-order valence-corrected chi connectivity index (χ2v) is 7.73. The molecule has 0 aliphatic carbocycles. The zero-order valence-corrected chi connectivity index (χ0v) is 15.9. The Labute approximate surface area is 157 Å². The lowest BCUT2D eigenvalue weighted by molar-refractivity contribution is 0.102. The lowest BCUT2D eigenvalue weighted by atomic mass is 9.95. The summed E-state index contributed by atoms with van der Waals surface area (Å²) in [7, 11) is 1.66. The van der Waals surface area contributed by atoms with Crippen LogP contribution in [0.15, 0.2) is 35.7 Å². The summed E-state index contributed by atoms with van der Waals surface area (Å²) in [5.41, 5.74) is 2.31. The Morgan fingerprint density at radius 2 is 2.08 bits per heavy atom. The smallest absolute Gasteiger partial charge is 0.158 e. The number of anilines is 1. The molecular weight excluding hydrogens is 346 g/mol. The third kappa shape index (κ3) is 3.20. The molecule has 6 heteroatoms. The van der Waals surface area contributed by atoms with E-state index in [0.717, 1.165) is 40.1 Å². The second kappa shape index (κ2) is 7.31. The van der Waals surface area contributed by atoms with Crippen molar-refractivity contribution >= 4 is 27.4 Å². The topological polar surface area (TPSA) is 58.5 Å². The van der Waals surface area contributed by atoms with Crippen LogP contribution in [0, 0.1) is 5.92 Å². The summed E-state index contributed by atoms with van der Waals surface area (Å²) in [4.78, 5) is 12.7. The number of aliphatic hydroxyl groups excluding tert-OH is 1. The van der Waals surface area contributed by atoms with Gasteiger partial charge in [0.05, 0.1) is 11.5 Å². The molecule has 136 valence electrons. The molecule has 0 saturated carbocycles. The number of β-amino-alcohol motifs (C(OH)–C–C–N with tert-alkyl or cyclic N) is 1. The summed E-state index contributed by atoms with van der Waals surface area (Å²) in [6.45, 7) is 3.98. The number of ether oxygens (including phenoxy) is 1. The molecule has 0 spiro atoms. The van der Waals surface area contributed by atoms with Crippen LogP contribution >= 0.6 is 11.3 Å². The highest BCUT2D eigenvalue weighted by molar-refractivity contribution is 7.17. The zero-order chi connectivity index (χ0) is 18.1. The highest BCUT2D eigenvalue weighted by atomic mass is 32.1. The van der Waals surface area contributed by atoms with Gasteiger partial charge in [-0.2, -0.15) is 0 Å². The molecule has 0 bridgehead atoms. The number of hydrogen-bond donors (Lipinski definition) is 1. The van der Waals surface area contributed by atoms with E-state index in [0.29, 0.717) is 24.9 Å². The van der Waals surface area contributed by atoms with Crippen LogP contribution < -0.4 is 4.90 Å². The lowest BCUT2D eigenvalue weighted by Crippen LogP contribution is -2.43. The van der Waals surface area contributed by atoms with Gasteiger partial charge in [0, 0.05) is 31.1 Å². The third-order valence-corrected chi connectivity index (χ3v) is 5.91. The Morgan fingerprint density at radius 1 is 1.27 bits per heavy atom. The van der Waals surface area contributed by atoms with Crippen molar-refractivity contribution in [2.24, 2.45) is 5.92 Å². The molecule has 1 aromatic carbocycles. The maximum atomic E-state index is 10.4. The molecule has 5 nitrogen and oxygen atoms in total. The van der Waals surface area contributed by atoms with Gasteiger partial charge in [0.15, 0.2) is 5.82 Å². The van der Waals surface area contributed by atoms with Crippen molar-refractivity contribution in [3.05, 3.63) is 41.5 Å². The van der Waals surface area contributed by atoms with Crippen LogP contribution in [0.25, 0.3) is 21.3 Å². The first-order chi connectivity index (χ1) is 12.7. The maximum Gasteiger partial charge on any atom is 0.158 e. The minimum absolute atomic E-state index is 0.318. The average Bonchev–Trinajstić information content (AvgIpc) is 3.08. The van der Waals surface area contributed by atoms with E-state index in [2.05, 4.69) is 29.3 Å². The second-order valence-electron chi connectivity index (χ2n) is 6.87. The average molecular weight is 369 g/mol. The van der Waals surface area contributed by atoms with Gasteiger partial charge in [-0.3, -0.25) is 0 Å². The number of rotatable bonds is 4. The molecule has 1 aliphatic rings. The molecule has 1 N–H and O–H groups in total. The van der Waals surface area contributed by atoms with E-state index in [1.54, 1.807) is 18.4 Å². The number of aromatic nitrogens is 2. The first kappa shape index (κ1) is 17.4. The molecular formula is C20H23N3O2S. The fourth-order valence-electron chi connectivity index (χ4n) is 3.46. The molecule has 1 saturated heterocycles. The van der Waals surface area contributed by atoms with Gasteiger partial charge in [-0.25, -0.2) is 9.97 Å². The van der Waals surface area contributed by atoms with Crippen molar-refractivity contribution in [1.82, 2.24) is 9.97 Å². The fraction of sp³-hybridized carbons (Fsp3) is 0.400. The van der Waals surface area contributed by atoms with Crippen LogP contribution in [0.5, 0.6) is 0 Å². The number of benzene rings is 1. The number of nitrogens with zero attached hydrogens (tertiary/aromatic N) is 3. The Bertz CT molecular complexity index is 897. The van der Waals surface area contributed by atoms with Crippen LogP contribution in [-0.4, -0.2) is 41.4 Å². The minimum Gasteiger partial charge on any atom is -0.391 e. The molecule has 4 rings (SSSR count). The van der Waals surface area contributed by atoms with E-state index >= 15 is 0 Å². The highest BCUT2D eigenvalue weighted by Crippen LogP contribution is 2.39. The summed E-state index contributed by atoms with van der Waals surface area (Å²) in [6.07, 6.45) is 0.621. The van der Waals surface area contributed by atoms with Crippen molar-refractivity contribution < 1.29 is 9.84 Å². The van der Waals surface area contributed by atoms with Gasteiger partial charge >= 0.3 is 0 Å². The zero-order valence-electron chi connectivity index (χ0n) is 15.1. The Hall–Kier alpha value is -2.02. The van der Waals surface area contributed by atoms with E-state index in [1.165, 1.54) is 0 Å². The summed E-state index contributed by atoms with van der Waals surface area (Å²) in [5.74, 6) is 1.91. The Morgan fingerprint density at radius 3 is 2.81 bits per heavy atom. The van der Waals surface area contributed by atoms with E-state index in [1.807, 2.05) is 18.2 Å². The van der Waals surface area contributed by atoms with Crippen molar-refractivity contribution in [3.63, 3.8) is 0 Å². The molecule has 2 aromatic heterocycles. The Kier molecular flexibility index (Phi) is 4.89. The molecule has 1 fully saturated rings. The quantitative estimate of drug-likeness (QED) is 0.760. The molecule has 26 heavy (non-hydrogen) atoms. The molecule has 0 radical (unpaired) electrons. The van der Waals surface area contributed by atoms with E-state index < -0.39 is 0 Å². The van der Waals surface area contributed by atoms with E-state index in [-0.39, 0.29) is 6.10 Å². The largest absolute Gasteiger partial charge is 0.391 e. The first-order valence-corrected chi connectivity index (χ1v) is 9.81. The molecule has 3 aromatic rings. The van der Waals surface area contributed by atoms with Gasteiger partial charge in [-0.1, -0.05) is 37.3 Å². The monoisotopic (exact) mass is 369 g/mol. The molecule has 2 unspecified atom stereocenters. The highest BCUT2D eigenvalue weighted by Gasteiger charge is 2.28. The number of piperidine rings is 1.